The molecule has 0 atom stereocenters. The Kier molecular flexibility index (Phi) is 3.21. The van der Waals surface area contributed by atoms with E-state index in [4.69, 9.17) is 5.73 Å². The molecule has 1 aromatic carbocycles. The van der Waals surface area contributed by atoms with E-state index < -0.39 is 0 Å². The molecule has 0 saturated carbocycles. The van der Waals surface area contributed by atoms with Crippen LogP contribution in [-0.2, 0) is 6.54 Å². The van der Waals surface area contributed by atoms with Crippen molar-refractivity contribution >= 4 is 16.6 Å². The molecule has 2 aromatic heterocycles. The van der Waals surface area contributed by atoms with Gasteiger partial charge in [0.05, 0.1) is 11.7 Å². The Morgan fingerprint density at radius 2 is 2.14 bits per heavy atom. The number of nitrogens with zero attached hydrogens (tertiary/aromatic N) is 4. The van der Waals surface area contributed by atoms with Gasteiger partial charge in [0, 0.05) is 30.0 Å². The molecule has 0 aliphatic heterocycles. The predicted molar refractivity (Wildman–Crippen MR) is 82.4 cm³/mol. The van der Waals surface area contributed by atoms with Gasteiger partial charge in [-0.25, -0.2) is 9.67 Å². The summed E-state index contributed by atoms with van der Waals surface area (Å²) < 4.78 is 3.21. The van der Waals surface area contributed by atoms with Gasteiger partial charge in [-0.05, 0) is 24.1 Å². The molecule has 6 nitrogen and oxygen atoms in total. The van der Waals surface area contributed by atoms with Crippen LogP contribution in [0.5, 0.6) is 0 Å². The lowest BCUT2D eigenvalue weighted by atomic mass is 10.2. The number of nitrogens with two attached hydrogens (primary N) is 1. The van der Waals surface area contributed by atoms with Crippen LogP contribution in [0.2, 0.25) is 0 Å². The van der Waals surface area contributed by atoms with E-state index in [1.807, 2.05) is 12.1 Å². The van der Waals surface area contributed by atoms with Gasteiger partial charge in [-0.15, -0.1) is 0 Å². The van der Waals surface area contributed by atoms with Crippen molar-refractivity contribution in [1.29, 1.82) is 0 Å². The van der Waals surface area contributed by atoms with Crippen LogP contribution in [0.15, 0.2) is 41.6 Å². The summed E-state index contributed by atoms with van der Waals surface area (Å²) in [6.45, 7) is 4.78. The highest BCUT2D eigenvalue weighted by molar-refractivity contribution is 5.82. The molecule has 0 spiro atoms. The molecular formula is C15H17N5O. The summed E-state index contributed by atoms with van der Waals surface area (Å²) in [6.07, 6.45) is 5.03. The maximum atomic E-state index is 12.5. The normalized spacial score (nSPS) is 11.4. The van der Waals surface area contributed by atoms with Crippen molar-refractivity contribution in [3.05, 3.63) is 47.1 Å². The van der Waals surface area contributed by atoms with Crippen molar-refractivity contribution < 1.29 is 0 Å². The van der Waals surface area contributed by atoms with E-state index in [2.05, 4.69) is 23.9 Å². The molecule has 108 valence electrons. The van der Waals surface area contributed by atoms with Crippen molar-refractivity contribution in [1.82, 2.24) is 19.3 Å². The minimum absolute atomic E-state index is 0.154. The summed E-state index contributed by atoms with van der Waals surface area (Å²) >= 11 is 0. The average molecular weight is 283 g/mol. The first-order valence-corrected chi connectivity index (χ1v) is 6.85. The largest absolute Gasteiger partial charge is 0.399 e. The Hall–Kier alpha value is -2.63. The first kappa shape index (κ1) is 13.4. The number of nitrogen functional groups attached to an aromatic ring is 1. The smallest absolute Gasteiger partial charge is 0.295 e. The van der Waals surface area contributed by atoms with Crippen LogP contribution >= 0.6 is 0 Å². The highest BCUT2D eigenvalue weighted by Crippen LogP contribution is 2.18. The number of fused-ring (bicyclic) bond motifs is 1. The lowest BCUT2D eigenvalue weighted by Crippen LogP contribution is -2.27. The van der Waals surface area contributed by atoms with Gasteiger partial charge in [0.1, 0.15) is 0 Å². The summed E-state index contributed by atoms with van der Waals surface area (Å²) in [6, 6.07) is 5.48. The predicted octanol–water partition coefficient (Wildman–Crippen LogP) is 1.82. The Balaban J connectivity index is 2.19. The van der Waals surface area contributed by atoms with Crippen molar-refractivity contribution in [2.75, 3.05) is 5.73 Å². The molecule has 0 bridgehead atoms. The van der Waals surface area contributed by atoms with Crippen molar-refractivity contribution in [2.24, 2.45) is 5.92 Å². The number of hydrogen-bond acceptors (Lipinski definition) is 4. The minimum Gasteiger partial charge on any atom is -0.399 e. The van der Waals surface area contributed by atoms with Gasteiger partial charge in [-0.1, -0.05) is 13.8 Å². The van der Waals surface area contributed by atoms with Gasteiger partial charge in [0.2, 0.25) is 5.82 Å². The maximum absolute atomic E-state index is 12.5. The lowest BCUT2D eigenvalue weighted by molar-refractivity contribution is 0.506. The zero-order valence-electron chi connectivity index (χ0n) is 12.0. The number of anilines is 1. The summed E-state index contributed by atoms with van der Waals surface area (Å²) in [5, 5.41) is 5.19. The van der Waals surface area contributed by atoms with Crippen molar-refractivity contribution in [3.8, 4) is 5.82 Å². The van der Waals surface area contributed by atoms with Crippen LogP contribution in [0.1, 0.15) is 13.8 Å². The van der Waals surface area contributed by atoms with E-state index in [9.17, 15) is 4.79 Å². The first-order valence-electron chi connectivity index (χ1n) is 6.85. The van der Waals surface area contributed by atoms with Crippen LogP contribution in [0.3, 0.4) is 0 Å². The summed E-state index contributed by atoms with van der Waals surface area (Å²) in [5.41, 5.74) is 7.07. The van der Waals surface area contributed by atoms with Crippen LogP contribution in [0, 0.1) is 5.92 Å². The SMILES string of the molecule is CC(C)Cn1ccnc(-n2ncc3ccc(N)cc32)c1=O. The van der Waals surface area contributed by atoms with Crippen LogP contribution in [0.25, 0.3) is 16.7 Å². The Morgan fingerprint density at radius 3 is 2.90 bits per heavy atom. The molecule has 2 heterocycles. The molecule has 21 heavy (non-hydrogen) atoms. The van der Waals surface area contributed by atoms with Gasteiger partial charge in [-0.2, -0.15) is 5.10 Å². The van der Waals surface area contributed by atoms with E-state index in [1.165, 1.54) is 0 Å². The standard InChI is InChI=1S/C15H17N5O/c1-10(2)9-19-6-5-17-14(15(19)21)20-13-7-12(16)4-3-11(13)8-18-20/h3-8,10H,9,16H2,1-2H3. The van der Waals surface area contributed by atoms with Crippen LogP contribution < -0.4 is 11.3 Å². The van der Waals surface area contributed by atoms with E-state index in [-0.39, 0.29) is 5.56 Å². The highest BCUT2D eigenvalue weighted by Gasteiger charge is 2.12. The summed E-state index contributed by atoms with van der Waals surface area (Å²) in [5.74, 6) is 0.668. The quantitative estimate of drug-likeness (QED) is 0.744. The molecule has 3 aromatic rings. The number of benzene rings is 1. The van der Waals surface area contributed by atoms with Crippen molar-refractivity contribution in [2.45, 2.75) is 20.4 Å². The zero-order chi connectivity index (χ0) is 15.0. The van der Waals surface area contributed by atoms with Gasteiger partial charge in [0.25, 0.3) is 5.56 Å². The molecule has 6 heteroatoms. The Bertz CT molecular complexity index is 847. The van der Waals surface area contributed by atoms with Gasteiger partial charge >= 0.3 is 0 Å². The second kappa shape index (κ2) is 5.05. The molecule has 0 radical (unpaired) electrons. The Morgan fingerprint density at radius 1 is 1.33 bits per heavy atom. The summed E-state index contributed by atoms with van der Waals surface area (Å²) in [7, 11) is 0. The fourth-order valence-corrected chi connectivity index (χ4v) is 2.32. The molecule has 0 saturated heterocycles. The lowest BCUT2D eigenvalue weighted by Gasteiger charge is -2.10. The molecular weight excluding hydrogens is 266 g/mol. The highest BCUT2D eigenvalue weighted by atomic mass is 16.1. The van der Waals surface area contributed by atoms with Gasteiger partial charge in [-0.3, -0.25) is 4.79 Å². The molecule has 0 amide bonds. The van der Waals surface area contributed by atoms with Crippen molar-refractivity contribution in [3.63, 3.8) is 0 Å². The zero-order valence-corrected chi connectivity index (χ0v) is 12.0. The van der Waals surface area contributed by atoms with Crippen LogP contribution in [-0.4, -0.2) is 19.3 Å². The molecule has 0 aliphatic rings. The van der Waals surface area contributed by atoms with E-state index >= 15 is 0 Å². The summed E-state index contributed by atoms with van der Waals surface area (Å²) in [4.78, 5) is 16.7. The minimum atomic E-state index is -0.154. The number of rotatable bonds is 3. The fourth-order valence-electron chi connectivity index (χ4n) is 2.32. The third-order valence-corrected chi connectivity index (χ3v) is 3.25. The van der Waals surface area contributed by atoms with Gasteiger partial charge in [0.15, 0.2) is 0 Å². The number of aromatic nitrogens is 4. The molecule has 0 aliphatic carbocycles. The van der Waals surface area contributed by atoms with E-state index in [0.29, 0.717) is 24.0 Å². The number of hydrogen-bond donors (Lipinski definition) is 1. The monoisotopic (exact) mass is 283 g/mol. The third-order valence-electron chi connectivity index (χ3n) is 3.25. The fraction of sp³-hybridized carbons (Fsp3) is 0.267. The molecule has 0 unspecified atom stereocenters. The van der Waals surface area contributed by atoms with Crippen LogP contribution in [0.4, 0.5) is 5.69 Å². The second-order valence-corrected chi connectivity index (χ2v) is 5.48. The maximum Gasteiger partial charge on any atom is 0.295 e. The first-order chi connectivity index (χ1) is 10.1. The second-order valence-electron chi connectivity index (χ2n) is 5.48. The van der Waals surface area contributed by atoms with Gasteiger partial charge < -0.3 is 10.3 Å². The van der Waals surface area contributed by atoms with E-state index in [0.717, 1.165) is 10.9 Å². The molecule has 3 rings (SSSR count). The van der Waals surface area contributed by atoms with E-state index in [1.54, 1.807) is 33.9 Å². The third kappa shape index (κ3) is 2.40. The topological polar surface area (TPSA) is 78.7 Å². The average Bonchev–Trinajstić information content (AvgIpc) is 2.83. The molecule has 2 N–H and O–H groups in total. The Labute approximate surface area is 121 Å². The molecule has 0 fully saturated rings.